The zero-order chi connectivity index (χ0) is 11.1. The van der Waals surface area contributed by atoms with Crippen LogP contribution in [-0.2, 0) is 5.54 Å². The van der Waals surface area contributed by atoms with E-state index in [0.29, 0.717) is 0 Å². The van der Waals surface area contributed by atoms with Crippen LogP contribution >= 0.6 is 0 Å². The van der Waals surface area contributed by atoms with Crippen molar-refractivity contribution in [3.8, 4) is 0 Å². The van der Waals surface area contributed by atoms with Gasteiger partial charge in [0.15, 0.2) is 0 Å². The molecule has 0 atom stereocenters. The Kier molecular flexibility index (Phi) is 2.57. The number of nitrogens with zero attached hydrogens (tertiary/aromatic N) is 1. The lowest BCUT2D eigenvalue weighted by molar-refractivity contribution is 0.374. The van der Waals surface area contributed by atoms with Crippen LogP contribution in [0.15, 0.2) is 10.9 Å². The highest BCUT2D eigenvalue weighted by atomic mass is 16.1. The van der Waals surface area contributed by atoms with Gasteiger partial charge in [0.1, 0.15) is 0 Å². The summed E-state index contributed by atoms with van der Waals surface area (Å²) < 4.78 is 1.86. The number of aromatic nitrogens is 1. The molecule has 2 nitrogen and oxygen atoms in total. The molecule has 2 heteroatoms. The third-order valence-corrected chi connectivity index (χ3v) is 2.70. The molecule has 1 aromatic rings. The number of rotatable bonds is 0. The largest absolute Gasteiger partial charge is 0.307 e. The molecule has 0 fully saturated rings. The molecule has 0 amide bonds. The van der Waals surface area contributed by atoms with E-state index in [9.17, 15) is 4.79 Å². The SMILES string of the molecule is Cc1cc(=O)n(C(C)(C)C)c(C)c1C. The van der Waals surface area contributed by atoms with Crippen LogP contribution in [0.3, 0.4) is 0 Å². The first-order valence-electron chi connectivity index (χ1n) is 4.95. The Hall–Kier alpha value is -1.05. The molecule has 0 saturated heterocycles. The van der Waals surface area contributed by atoms with Gasteiger partial charge in [-0.25, -0.2) is 0 Å². The maximum absolute atomic E-state index is 11.8. The van der Waals surface area contributed by atoms with Gasteiger partial charge in [-0.05, 0) is 52.7 Å². The molecule has 0 unspecified atom stereocenters. The van der Waals surface area contributed by atoms with E-state index in [2.05, 4.69) is 27.7 Å². The first-order chi connectivity index (χ1) is 6.25. The molecule has 0 spiro atoms. The summed E-state index contributed by atoms with van der Waals surface area (Å²) in [6, 6.07) is 1.72. The topological polar surface area (TPSA) is 22.0 Å². The fraction of sp³-hybridized carbons (Fsp3) is 0.583. The highest BCUT2D eigenvalue weighted by Crippen LogP contribution is 2.17. The van der Waals surface area contributed by atoms with Gasteiger partial charge in [0.05, 0.1) is 0 Å². The van der Waals surface area contributed by atoms with Crippen LogP contribution < -0.4 is 5.56 Å². The van der Waals surface area contributed by atoms with Crippen LogP contribution in [0.2, 0.25) is 0 Å². The minimum atomic E-state index is -0.139. The summed E-state index contributed by atoms with van der Waals surface area (Å²) in [5.41, 5.74) is 3.31. The lowest BCUT2D eigenvalue weighted by Gasteiger charge is -2.26. The van der Waals surface area contributed by atoms with Gasteiger partial charge < -0.3 is 4.57 Å². The van der Waals surface area contributed by atoms with Crippen molar-refractivity contribution < 1.29 is 0 Å². The van der Waals surface area contributed by atoms with Gasteiger partial charge in [0, 0.05) is 17.3 Å². The molecule has 0 radical (unpaired) electrons. The van der Waals surface area contributed by atoms with E-state index in [1.165, 1.54) is 5.56 Å². The van der Waals surface area contributed by atoms with Crippen molar-refractivity contribution >= 4 is 0 Å². The zero-order valence-electron chi connectivity index (χ0n) is 9.93. The molecule has 1 rings (SSSR count). The summed E-state index contributed by atoms with van der Waals surface area (Å²) in [6.45, 7) is 12.2. The highest BCUT2D eigenvalue weighted by Gasteiger charge is 2.18. The second kappa shape index (κ2) is 3.26. The Bertz CT molecular complexity index is 408. The van der Waals surface area contributed by atoms with E-state index >= 15 is 0 Å². The normalized spacial score (nSPS) is 11.9. The Morgan fingerprint density at radius 2 is 1.64 bits per heavy atom. The van der Waals surface area contributed by atoms with Gasteiger partial charge in [-0.1, -0.05) is 0 Å². The molecule has 0 aliphatic rings. The van der Waals surface area contributed by atoms with Gasteiger partial charge in [-0.3, -0.25) is 4.79 Å². The first-order valence-corrected chi connectivity index (χ1v) is 4.95. The van der Waals surface area contributed by atoms with Crippen LogP contribution in [0.25, 0.3) is 0 Å². The average Bonchev–Trinajstić information content (AvgIpc) is 1.97. The summed E-state index contributed by atoms with van der Waals surface area (Å²) >= 11 is 0. The average molecular weight is 193 g/mol. The van der Waals surface area contributed by atoms with Gasteiger partial charge in [-0.2, -0.15) is 0 Å². The van der Waals surface area contributed by atoms with Crippen molar-refractivity contribution in [3.63, 3.8) is 0 Å². The molecule has 0 bridgehead atoms. The van der Waals surface area contributed by atoms with Crippen molar-refractivity contribution in [1.29, 1.82) is 0 Å². The van der Waals surface area contributed by atoms with Gasteiger partial charge in [0.2, 0.25) is 0 Å². The van der Waals surface area contributed by atoms with Crippen LogP contribution in [0.4, 0.5) is 0 Å². The standard InChI is InChI=1S/C12H19NO/c1-8-7-11(14)13(12(4,5)6)10(3)9(8)2/h7H,1-6H3. The lowest BCUT2D eigenvalue weighted by atomic mass is 10.0. The lowest BCUT2D eigenvalue weighted by Crippen LogP contribution is -2.35. The minimum Gasteiger partial charge on any atom is -0.307 e. The maximum Gasteiger partial charge on any atom is 0.251 e. The van der Waals surface area contributed by atoms with Gasteiger partial charge >= 0.3 is 0 Å². The summed E-state index contributed by atoms with van der Waals surface area (Å²) in [6.07, 6.45) is 0. The Labute approximate surface area is 85.6 Å². The zero-order valence-corrected chi connectivity index (χ0v) is 9.93. The van der Waals surface area contributed by atoms with Crippen LogP contribution in [-0.4, -0.2) is 4.57 Å². The van der Waals surface area contributed by atoms with Gasteiger partial charge in [0.25, 0.3) is 5.56 Å². The van der Waals surface area contributed by atoms with E-state index in [0.717, 1.165) is 11.3 Å². The number of pyridine rings is 1. The third kappa shape index (κ3) is 1.74. The molecule has 78 valence electrons. The van der Waals surface area contributed by atoms with Crippen molar-refractivity contribution in [3.05, 3.63) is 33.2 Å². The van der Waals surface area contributed by atoms with Crippen molar-refractivity contribution in [2.45, 2.75) is 47.1 Å². The van der Waals surface area contributed by atoms with Crippen LogP contribution in [0.1, 0.15) is 37.6 Å². The van der Waals surface area contributed by atoms with Gasteiger partial charge in [-0.15, -0.1) is 0 Å². The number of hydrogen-bond acceptors (Lipinski definition) is 1. The quantitative estimate of drug-likeness (QED) is 0.620. The highest BCUT2D eigenvalue weighted by molar-refractivity contribution is 5.28. The molecule has 14 heavy (non-hydrogen) atoms. The third-order valence-electron chi connectivity index (χ3n) is 2.70. The predicted molar refractivity (Wildman–Crippen MR) is 59.9 cm³/mol. The Morgan fingerprint density at radius 1 is 1.14 bits per heavy atom. The summed E-state index contributed by atoms with van der Waals surface area (Å²) in [4.78, 5) is 11.8. The molecule has 1 heterocycles. The Balaban J connectivity index is 3.62. The molecule has 0 N–H and O–H groups in total. The molecular formula is C12H19NO. The van der Waals surface area contributed by atoms with Crippen molar-refractivity contribution in [2.75, 3.05) is 0 Å². The molecule has 0 aliphatic heterocycles. The van der Waals surface area contributed by atoms with Crippen LogP contribution in [0.5, 0.6) is 0 Å². The summed E-state index contributed by atoms with van der Waals surface area (Å²) in [5, 5.41) is 0. The summed E-state index contributed by atoms with van der Waals surface area (Å²) in [7, 11) is 0. The number of aryl methyl sites for hydroxylation is 1. The van der Waals surface area contributed by atoms with E-state index < -0.39 is 0 Å². The molecule has 1 aromatic heterocycles. The molecule has 0 aromatic carbocycles. The monoisotopic (exact) mass is 193 g/mol. The number of hydrogen-bond donors (Lipinski definition) is 0. The minimum absolute atomic E-state index is 0.0955. The van der Waals surface area contributed by atoms with Crippen molar-refractivity contribution in [2.24, 2.45) is 0 Å². The fourth-order valence-electron chi connectivity index (χ4n) is 1.81. The Morgan fingerprint density at radius 3 is 2.07 bits per heavy atom. The maximum atomic E-state index is 11.8. The molecule has 0 aliphatic carbocycles. The van der Waals surface area contributed by atoms with Crippen molar-refractivity contribution in [1.82, 2.24) is 4.57 Å². The first kappa shape index (κ1) is 11.0. The summed E-state index contributed by atoms with van der Waals surface area (Å²) in [5.74, 6) is 0. The molecule has 0 saturated carbocycles. The predicted octanol–water partition coefficient (Wildman–Crippen LogP) is 2.53. The smallest absolute Gasteiger partial charge is 0.251 e. The van der Waals surface area contributed by atoms with E-state index in [4.69, 9.17) is 0 Å². The van der Waals surface area contributed by atoms with E-state index in [-0.39, 0.29) is 11.1 Å². The second-order valence-corrected chi connectivity index (χ2v) is 4.88. The van der Waals surface area contributed by atoms with Crippen LogP contribution in [0, 0.1) is 20.8 Å². The second-order valence-electron chi connectivity index (χ2n) is 4.88. The van der Waals surface area contributed by atoms with E-state index in [1.54, 1.807) is 6.07 Å². The molecular weight excluding hydrogens is 174 g/mol. The fourth-order valence-corrected chi connectivity index (χ4v) is 1.81. The van der Waals surface area contributed by atoms with E-state index in [1.807, 2.05) is 18.4 Å².